The van der Waals surface area contributed by atoms with E-state index in [-0.39, 0.29) is 0 Å². The van der Waals surface area contributed by atoms with Crippen LogP contribution in [0.15, 0.2) is 24.3 Å². The number of aryl methyl sites for hydroxylation is 2. The highest BCUT2D eigenvalue weighted by molar-refractivity contribution is 5.21. The predicted octanol–water partition coefficient (Wildman–Crippen LogP) is 4.49. The van der Waals surface area contributed by atoms with Crippen molar-refractivity contribution in [3.63, 3.8) is 0 Å². The third-order valence-electron chi connectivity index (χ3n) is 3.46. The number of benzene rings is 1. The quantitative estimate of drug-likeness (QED) is 0.678. The minimum Gasteiger partial charge on any atom is -0.314 e. The lowest BCUT2D eigenvalue weighted by atomic mass is 10.0. The fourth-order valence-corrected chi connectivity index (χ4v) is 2.35. The van der Waals surface area contributed by atoms with Crippen molar-refractivity contribution in [2.45, 2.75) is 65.3 Å². The highest BCUT2D eigenvalue weighted by Gasteiger charge is 2.06. The Hall–Kier alpha value is -0.820. The summed E-state index contributed by atoms with van der Waals surface area (Å²) in [5.74, 6) is 0. The summed E-state index contributed by atoms with van der Waals surface area (Å²) in [4.78, 5) is 0. The Labute approximate surface area is 113 Å². The van der Waals surface area contributed by atoms with Crippen molar-refractivity contribution in [2.24, 2.45) is 0 Å². The van der Waals surface area contributed by atoms with Gasteiger partial charge in [-0.15, -0.1) is 0 Å². The summed E-state index contributed by atoms with van der Waals surface area (Å²) >= 11 is 0. The first-order valence-electron chi connectivity index (χ1n) is 7.55. The maximum atomic E-state index is 3.67. The second kappa shape index (κ2) is 9.16. The van der Waals surface area contributed by atoms with Gasteiger partial charge in [0.05, 0.1) is 0 Å². The summed E-state index contributed by atoms with van der Waals surface area (Å²) in [5.41, 5.74) is 2.83. The van der Waals surface area contributed by atoms with E-state index in [2.05, 4.69) is 50.4 Å². The zero-order chi connectivity index (χ0) is 13.2. The normalized spacial score (nSPS) is 12.6. The molecule has 0 fully saturated rings. The summed E-state index contributed by atoms with van der Waals surface area (Å²) in [6, 6.07) is 9.69. The van der Waals surface area contributed by atoms with Crippen LogP contribution in [0.25, 0.3) is 0 Å². The molecule has 0 aromatic heterocycles. The first-order chi connectivity index (χ1) is 8.76. The van der Waals surface area contributed by atoms with E-state index in [1.165, 1.54) is 49.7 Å². The molecule has 1 N–H and O–H groups in total. The second-order valence-electron chi connectivity index (χ2n) is 5.32. The van der Waals surface area contributed by atoms with Crippen LogP contribution < -0.4 is 5.32 Å². The van der Waals surface area contributed by atoms with Gasteiger partial charge in [0, 0.05) is 6.04 Å². The Bertz CT molecular complexity index is 302. The highest BCUT2D eigenvalue weighted by Crippen LogP contribution is 2.11. The average molecular weight is 247 g/mol. The summed E-state index contributed by atoms with van der Waals surface area (Å²) in [6.45, 7) is 7.83. The molecule has 0 amide bonds. The van der Waals surface area contributed by atoms with Crippen LogP contribution in [0.5, 0.6) is 0 Å². The van der Waals surface area contributed by atoms with Crippen LogP contribution in [0.4, 0.5) is 0 Å². The van der Waals surface area contributed by atoms with Crippen molar-refractivity contribution in [1.29, 1.82) is 0 Å². The molecule has 18 heavy (non-hydrogen) atoms. The second-order valence-corrected chi connectivity index (χ2v) is 5.32. The molecule has 0 bridgehead atoms. The zero-order valence-corrected chi connectivity index (χ0v) is 12.3. The largest absolute Gasteiger partial charge is 0.314 e. The van der Waals surface area contributed by atoms with Gasteiger partial charge in [-0.05, 0) is 51.1 Å². The fraction of sp³-hybridized carbons (Fsp3) is 0.647. The molecule has 1 aromatic rings. The summed E-state index contributed by atoms with van der Waals surface area (Å²) in [7, 11) is 0. The molecule has 0 saturated heterocycles. The van der Waals surface area contributed by atoms with Gasteiger partial charge in [0.15, 0.2) is 0 Å². The maximum absolute atomic E-state index is 3.67. The van der Waals surface area contributed by atoms with Crippen LogP contribution in [-0.2, 0) is 6.42 Å². The summed E-state index contributed by atoms with van der Waals surface area (Å²) < 4.78 is 0. The van der Waals surface area contributed by atoms with E-state index in [4.69, 9.17) is 0 Å². The number of rotatable bonds is 9. The van der Waals surface area contributed by atoms with Crippen molar-refractivity contribution in [3.8, 4) is 0 Å². The lowest BCUT2D eigenvalue weighted by Gasteiger charge is -2.17. The van der Waals surface area contributed by atoms with Crippen LogP contribution >= 0.6 is 0 Å². The molecular weight excluding hydrogens is 218 g/mol. The Kier molecular flexibility index (Phi) is 7.75. The predicted molar refractivity (Wildman–Crippen MR) is 81.1 cm³/mol. The van der Waals surface area contributed by atoms with E-state index < -0.39 is 0 Å². The summed E-state index contributed by atoms with van der Waals surface area (Å²) in [5, 5.41) is 3.67. The Morgan fingerprint density at radius 2 is 1.72 bits per heavy atom. The Morgan fingerprint density at radius 3 is 2.33 bits per heavy atom. The smallest absolute Gasteiger partial charge is 0.00670 e. The third kappa shape index (κ3) is 6.20. The first-order valence-corrected chi connectivity index (χ1v) is 7.55. The number of hydrogen-bond donors (Lipinski definition) is 1. The highest BCUT2D eigenvalue weighted by atomic mass is 14.9. The van der Waals surface area contributed by atoms with Crippen LogP contribution in [0.1, 0.15) is 57.1 Å². The minimum absolute atomic E-state index is 0.723. The number of nitrogens with one attached hydrogen (secondary N) is 1. The Morgan fingerprint density at radius 1 is 1.00 bits per heavy atom. The van der Waals surface area contributed by atoms with E-state index in [0.717, 1.165) is 12.6 Å². The molecule has 1 atom stereocenters. The minimum atomic E-state index is 0.723. The zero-order valence-electron chi connectivity index (χ0n) is 12.3. The third-order valence-corrected chi connectivity index (χ3v) is 3.46. The van der Waals surface area contributed by atoms with Gasteiger partial charge in [0.2, 0.25) is 0 Å². The van der Waals surface area contributed by atoms with Gasteiger partial charge >= 0.3 is 0 Å². The molecule has 0 spiro atoms. The molecule has 1 rings (SSSR count). The molecule has 0 saturated carbocycles. The van der Waals surface area contributed by atoms with E-state index in [0.29, 0.717) is 0 Å². The van der Waals surface area contributed by atoms with Crippen LogP contribution in [-0.4, -0.2) is 12.6 Å². The molecule has 0 heterocycles. The SMILES string of the molecule is CCCNC(CCC)CCCc1ccc(C)cc1. The molecule has 1 unspecified atom stereocenters. The Balaban J connectivity index is 2.26. The number of hydrogen-bond acceptors (Lipinski definition) is 1. The lowest BCUT2D eigenvalue weighted by molar-refractivity contribution is 0.438. The molecule has 0 aliphatic rings. The monoisotopic (exact) mass is 247 g/mol. The van der Waals surface area contributed by atoms with Gasteiger partial charge in [-0.3, -0.25) is 0 Å². The molecule has 1 heteroatoms. The molecule has 1 nitrogen and oxygen atoms in total. The van der Waals surface area contributed by atoms with E-state index in [9.17, 15) is 0 Å². The topological polar surface area (TPSA) is 12.0 Å². The van der Waals surface area contributed by atoms with Crippen molar-refractivity contribution in [3.05, 3.63) is 35.4 Å². The van der Waals surface area contributed by atoms with Gasteiger partial charge in [-0.1, -0.05) is 50.1 Å². The van der Waals surface area contributed by atoms with E-state index in [1.807, 2.05) is 0 Å². The van der Waals surface area contributed by atoms with Crippen LogP contribution in [0.3, 0.4) is 0 Å². The van der Waals surface area contributed by atoms with E-state index in [1.54, 1.807) is 0 Å². The molecule has 1 aromatic carbocycles. The summed E-state index contributed by atoms with van der Waals surface area (Å²) in [6.07, 6.45) is 7.65. The van der Waals surface area contributed by atoms with Crippen LogP contribution in [0, 0.1) is 6.92 Å². The van der Waals surface area contributed by atoms with E-state index >= 15 is 0 Å². The lowest BCUT2D eigenvalue weighted by Crippen LogP contribution is -2.29. The van der Waals surface area contributed by atoms with Gasteiger partial charge in [-0.2, -0.15) is 0 Å². The van der Waals surface area contributed by atoms with Gasteiger partial charge in [0.1, 0.15) is 0 Å². The molecule has 102 valence electrons. The van der Waals surface area contributed by atoms with Crippen molar-refractivity contribution >= 4 is 0 Å². The average Bonchev–Trinajstić information content (AvgIpc) is 2.38. The standard InChI is InChI=1S/C17H29N/c1-4-7-17(18-14-5-2)9-6-8-16-12-10-15(3)11-13-16/h10-13,17-18H,4-9,14H2,1-3H3. The van der Waals surface area contributed by atoms with Crippen LogP contribution in [0.2, 0.25) is 0 Å². The first kappa shape index (κ1) is 15.2. The molecule has 0 aliphatic carbocycles. The molecular formula is C17H29N. The van der Waals surface area contributed by atoms with Crippen molar-refractivity contribution in [2.75, 3.05) is 6.54 Å². The van der Waals surface area contributed by atoms with Gasteiger partial charge in [-0.25, -0.2) is 0 Å². The maximum Gasteiger partial charge on any atom is 0.00670 e. The van der Waals surface area contributed by atoms with Crippen molar-refractivity contribution in [1.82, 2.24) is 5.32 Å². The molecule has 0 radical (unpaired) electrons. The molecule has 0 aliphatic heterocycles. The van der Waals surface area contributed by atoms with Crippen molar-refractivity contribution < 1.29 is 0 Å². The fourth-order valence-electron chi connectivity index (χ4n) is 2.35. The van der Waals surface area contributed by atoms with Gasteiger partial charge < -0.3 is 5.32 Å². The van der Waals surface area contributed by atoms with Gasteiger partial charge in [0.25, 0.3) is 0 Å².